The van der Waals surface area contributed by atoms with Crippen LogP contribution < -0.4 is 9.47 Å². The maximum Gasteiger partial charge on any atom is 0.337 e. The Bertz CT molecular complexity index is 1370. The molecule has 7 heteroatoms. The van der Waals surface area contributed by atoms with Crippen LogP contribution in [-0.2, 0) is 4.74 Å². The smallest absolute Gasteiger partial charge is 0.337 e. The first-order valence-electron chi connectivity index (χ1n) is 12.7. The molecular weight excluding hydrogens is 502 g/mol. The van der Waals surface area contributed by atoms with Crippen LogP contribution >= 0.6 is 12.4 Å². The van der Waals surface area contributed by atoms with Gasteiger partial charge in [-0.05, 0) is 97.5 Å². The van der Waals surface area contributed by atoms with Gasteiger partial charge in [0.25, 0.3) is 0 Å². The van der Waals surface area contributed by atoms with Crippen LogP contribution in [0.2, 0.25) is 0 Å². The van der Waals surface area contributed by atoms with Gasteiger partial charge in [-0.15, -0.1) is 12.4 Å². The number of benzene rings is 4. The summed E-state index contributed by atoms with van der Waals surface area (Å²) in [4.78, 5) is 14.3. The summed E-state index contributed by atoms with van der Waals surface area (Å²) in [5.74, 6) is 1.97. The maximum absolute atomic E-state index is 11.9. The zero-order valence-electron chi connectivity index (χ0n) is 21.4. The average Bonchev–Trinajstić information content (AvgIpc) is 2.94. The number of phenols is 1. The van der Waals surface area contributed by atoms with Crippen LogP contribution in [0.5, 0.6) is 23.0 Å². The third-order valence-electron chi connectivity index (χ3n) is 6.74. The zero-order valence-corrected chi connectivity index (χ0v) is 22.2. The number of phenolic OH excluding ortho intramolecular Hbond substituents is 1. The molecule has 1 heterocycles. The average molecular weight is 534 g/mol. The molecule has 0 amide bonds. The number of hydrogen-bond donors (Lipinski definition) is 1. The number of likely N-dealkylation sites (tertiary alicyclic amines) is 1. The molecule has 1 saturated heterocycles. The molecule has 4 aromatic carbocycles. The topological polar surface area (TPSA) is 68.2 Å². The lowest BCUT2D eigenvalue weighted by molar-refractivity contribution is 0.0600. The Balaban J connectivity index is 0.00000336. The summed E-state index contributed by atoms with van der Waals surface area (Å²) in [6.07, 6.45) is 3.88. The van der Waals surface area contributed by atoms with Crippen molar-refractivity contribution >= 4 is 29.1 Å². The number of carbonyl (C=O) groups excluding carboxylic acids is 1. The number of hydrogen-bond acceptors (Lipinski definition) is 6. The number of halogens is 1. The molecule has 0 unspecified atom stereocenters. The fourth-order valence-corrected chi connectivity index (χ4v) is 4.73. The van der Waals surface area contributed by atoms with E-state index in [4.69, 9.17) is 14.2 Å². The summed E-state index contributed by atoms with van der Waals surface area (Å²) in [5, 5.41) is 11.7. The summed E-state index contributed by atoms with van der Waals surface area (Å²) < 4.78 is 17.2. The summed E-state index contributed by atoms with van der Waals surface area (Å²) in [6, 6.07) is 24.0. The quantitative estimate of drug-likeness (QED) is 0.244. The highest BCUT2D eigenvalue weighted by Crippen LogP contribution is 2.40. The lowest BCUT2D eigenvalue weighted by Crippen LogP contribution is -2.33. The van der Waals surface area contributed by atoms with Crippen molar-refractivity contribution in [3.05, 3.63) is 84.4 Å². The lowest BCUT2D eigenvalue weighted by atomic mass is 9.98. The molecule has 1 N–H and O–H groups in total. The van der Waals surface area contributed by atoms with Crippen molar-refractivity contribution in [1.82, 2.24) is 4.90 Å². The Hall–Kier alpha value is -3.74. The zero-order chi connectivity index (χ0) is 25.6. The second kappa shape index (κ2) is 12.7. The predicted molar refractivity (Wildman–Crippen MR) is 152 cm³/mol. The maximum atomic E-state index is 11.9. The van der Waals surface area contributed by atoms with E-state index in [-0.39, 0.29) is 24.1 Å². The van der Waals surface area contributed by atoms with Crippen LogP contribution in [0.25, 0.3) is 21.9 Å². The Morgan fingerprint density at radius 3 is 2.29 bits per heavy atom. The summed E-state index contributed by atoms with van der Waals surface area (Å²) in [5.41, 5.74) is 2.25. The summed E-state index contributed by atoms with van der Waals surface area (Å²) in [6.45, 7) is 3.93. The molecule has 0 radical (unpaired) electrons. The standard InChI is InChI=1S/C31H31NO5.ClH/c1-35-31(34)23-7-5-22(6-8-23)28-15-9-24-21-25(33)10-16-29(24)30(28)37-27-13-11-26(12-14-27)36-20-19-32-17-3-2-4-18-32;/h5-16,21,33H,2-4,17-20H2,1H3;1H. The van der Waals surface area contributed by atoms with Gasteiger partial charge in [-0.1, -0.05) is 24.6 Å². The van der Waals surface area contributed by atoms with Crippen LogP contribution in [0.4, 0.5) is 0 Å². The van der Waals surface area contributed by atoms with Crippen molar-refractivity contribution in [3.8, 4) is 34.1 Å². The van der Waals surface area contributed by atoms with Crippen molar-refractivity contribution in [2.45, 2.75) is 19.3 Å². The molecule has 1 fully saturated rings. The molecule has 5 rings (SSSR count). The molecule has 0 atom stereocenters. The Kier molecular flexibility index (Phi) is 9.10. The largest absolute Gasteiger partial charge is 0.508 e. The Labute approximate surface area is 229 Å². The molecular formula is C31H32ClNO5. The van der Waals surface area contributed by atoms with Gasteiger partial charge in [-0.2, -0.15) is 0 Å². The molecule has 1 aliphatic heterocycles. The van der Waals surface area contributed by atoms with E-state index in [0.717, 1.165) is 47.3 Å². The van der Waals surface area contributed by atoms with Crippen molar-refractivity contribution in [2.75, 3.05) is 33.4 Å². The van der Waals surface area contributed by atoms with Gasteiger partial charge in [0.1, 0.15) is 29.6 Å². The normalized spacial score (nSPS) is 13.5. The van der Waals surface area contributed by atoms with Gasteiger partial charge in [0.05, 0.1) is 12.7 Å². The van der Waals surface area contributed by atoms with Crippen molar-refractivity contribution < 1.29 is 24.1 Å². The van der Waals surface area contributed by atoms with Crippen molar-refractivity contribution in [3.63, 3.8) is 0 Å². The van der Waals surface area contributed by atoms with Gasteiger partial charge in [-0.3, -0.25) is 4.90 Å². The van der Waals surface area contributed by atoms with Crippen LogP contribution in [0.1, 0.15) is 29.6 Å². The number of ether oxygens (including phenoxy) is 3. The van der Waals surface area contributed by atoms with Gasteiger partial charge in [0, 0.05) is 17.5 Å². The predicted octanol–water partition coefficient (Wildman–Crippen LogP) is 7.08. The molecule has 0 spiro atoms. The SMILES string of the molecule is COC(=O)c1ccc(-c2ccc3cc(O)ccc3c2Oc2ccc(OCCN3CCCCC3)cc2)cc1.Cl. The minimum absolute atomic E-state index is 0. The van der Waals surface area contributed by atoms with E-state index in [9.17, 15) is 9.90 Å². The molecule has 6 nitrogen and oxygen atoms in total. The van der Waals surface area contributed by atoms with Gasteiger partial charge in [-0.25, -0.2) is 4.79 Å². The van der Waals surface area contributed by atoms with Crippen molar-refractivity contribution in [1.29, 1.82) is 0 Å². The number of methoxy groups -OCH3 is 1. The number of esters is 1. The molecule has 0 saturated carbocycles. The fraction of sp³-hybridized carbons (Fsp3) is 0.258. The number of carbonyl (C=O) groups is 1. The molecule has 4 aromatic rings. The number of piperidine rings is 1. The van der Waals surface area contributed by atoms with Gasteiger partial charge in [0.15, 0.2) is 0 Å². The molecule has 0 aromatic heterocycles. The van der Waals surface area contributed by atoms with Crippen LogP contribution in [0.15, 0.2) is 78.9 Å². The van der Waals surface area contributed by atoms with E-state index in [0.29, 0.717) is 23.7 Å². The minimum atomic E-state index is -0.379. The highest BCUT2D eigenvalue weighted by atomic mass is 35.5. The minimum Gasteiger partial charge on any atom is -0.508 e. The Morgan fingerprint density at radius 2 is 1.58 bits per heavy atom. The van der Waals surface area contributed by atoms with Gasteiger partial charge < -0.3 is 19.3 Å². The lowest BCUT2D eigenvalue weighted by Gasteiger charge is -2.26. The van der Waals surface area contributed by atoms with E-state index in [1.54, 1.807) is 24.3 Å². The molecule has 0 bridgehead atoms. The van der Waals surface area contributed by atoms with Crippen LogP contribution in [-0.4, -0.2) is 49.3 Å². The highest BCUT2D eigenvalue weighted by molar-refractivity contribution is 5.96. The van der Waals surface area contributed by atoms with Crippen LogP contribution in [0.3, 0.4) is 0 Å². The third kappa shape index (κ3) is 6.39. The van der Waals surface area contributed by atoms with Gasteiger partial charge in [0.2, 0.25) is 0 Å². The molecule has 198 valence electrons. The summed E-state index contributed by atoms with van der Waals surface area (Å²) in [7, 11) is 1.37. The van der Waals surface area contributed by atoms with E-state index in [1.807, 2.05) is 54.6 Å². The second-order valence-corrected chi connectivity index (χ2v) is 9.24. The van der Waals surface area contributed by atoms with E-state index in [1.165, 1.54) is 26.4 Å². The number of nitrogens with zero attached hydrogens (tertiary/aromatic N) is 1. The first-order chi connectivity index (χ1) is 18.1. The fourth-order valence-electron chi connectivity index (χ4n) is 4.73. The molecule has 1 aliphatic rings. The van der Waals surface area contributed by atoms with E-state index < -0.39 is 0 Å². The summed E-state index contributed by atoms with van der Waals surface area (Å²) >= 11 is 0. The molecule has 0 aliphatic carbocycles. The third-order valence-corrected chi connectivity index (χ3v) is 6.74. The number of aromatic hydroxyl groups is 1. The van der Waals surface area contributed by atoms with Gasteiger partial charge >= 0.3 is 5.97 Å². The van der Waals surface area contributed by atoms with Crippen LogP contribution in [0, 0.1) is 0 Å². The second-order valence-electron chi connectivity index (χ2n) is 9.24. The first-order valence-corrected chi connectivity index (χ1v) is 12.7. The van der Waals surface area contributed by atoms with Crippen molar-refractivity contribution in [2.24, 2.45) is 0 Å². The van der Waals surface area contributed by atoms with E-state index >= 15 is 0 Å². The monoisotopic (exact) mass is 533 g/mol. The first kappa shape index (κ1) is 27.3. The molecule has 38 heavy (non-hydrogen) atoms. The number of rotatable bonds is 8. The van der Waals surface area contributed by atoms with E-state index in [2.05, 4.69) is 4.90 Å². The highest BCUT2D eigenvalue weighted by Gasteiger charge is 2.15. The number of fused-ring (bicyclic) bond motifs is 1. The Morgan fingerprint density at radius 1 is 0.868 bits per heavy atom.